The van der Waals surface area contributed by atoms with Crippen molar-refractivity contribution in [2.45, 2.75) is 32.4 Å². The van der Waals surface area contributed by atoms with E-state index in [0.717, 1.165) is 42.8 Å². The van der Waals surface area contributed by atoms with Crippen molar-refractivity contribution in [1.29, 1.82) is 0 Å². The molecule has 18 heavy (non-hydrogen) atoms. The molecule has 1 aliphatic heterocycles. The first kappa shape index (κ1) is 13.3. The number of nitrogens with one attached hydrogen (secondary N) is 1. The van der Waals surface area contributed by atoms with Crippen LogP contribution in [0.15, 0.2) is 18.2 Å². The molecule has 0 saturated carbocycles. The smallest absolute Gasteiger partial charge is 0.122 e. The second kappa shape index (κ2) is 6.19. The Hall–Kier alpha value is -1.09. The predicted molar refractivity (Wildman–Crippen MR) is 71.9 cm³/mol. The number of aryl methyl sites for hydroxylation is 1. The molecule has 0 amide bonds. The van der Waals surface area contributed by atoms with E-state index in [0.29, 0.717) is 6.42 Å². The third-order valence-electron chi connectivity index (χ3n) is 3.70. The molecule has 0 aromatic heterocycles. The third kappa shape index (κ3) is 3.22. The van der Waals surface area contributed by atoms with Crippen molar-refractivity contribution in [1.82, 2.24) is 5.32 Å². The van der Waals surface area contributed by atoms with Crippen molar-refractivity contribution < 1.29 is 9.13 Å². The van der Waals surface area contributed by atoms with Crippen LogP contribution < -0.4 is 10.1 Å². The second-order valence-corrected chi connectivity index (χ2v) is 5.14. The van der Waals surface area contributed by atoms with Crippen LogP contribution in [0.2, 0.25) is 0 Å². The summed E-state index contributed by atoms with van der Waals surface area (Å²) in [6.45, 7) is 3.85. The topological polar surface area (TPSA) is 21.3 Å². The van der Waals surface area contributed by atoms with Crippen molar-refractivity contribution in [2.24, 2.45) is 5.92 Å². The van der Waals surface area contributed by atoms with Crippen molar-refractivity contribution >= 4 is 0 Å². The van der Waals surface area contributed by atoms with Crippen molar-refractivity contribution in [3.05, 3.63) is 29.3 Å². The molecule has 2 atom stereocenters. The fraction of sp³-hybridized carbons (Fsp3) is 0.600. The number of benzene rings is 1. The SMILES string of the molecule is COc1ccc(C)cc1CC(F)C1CCCNC1. The molecule has 0 bridgehead atoms. The minimum Gasteiger partial charge on any atom is -0.496 e. The maximum atomic E-state index is 14.3. The van der Waals surface area contributed by atoms with Crippen LogP contribution in [-0.4, -0.2) is 26.4 Å². The van der Waals surface area contributed by atoms with Crippen LogP contribution in [0.4, 0.5) is 4.39 Å². The third-order valence-corrected chi connectivity index (χ3v) is 3.70. The maximum Gasteiger partial charge on any atom is 0.122 e. The molecule has 1 heterocycles. The fourth-order valence-electron chi connectivity index (χ4n) is 2.63. The first-order chi connectivity index (χ1) is 8.70. The highest BCUT2D eigenvalue weighted by molar-refractivity contribution is 5.37. The van der Waals surface area contributed by atoms with Gasteiger partial charge >= 0.3 is 0 Å². The molecular formula is C15H22FNO. The number of hydrogen-bond acceptors (Lipinski definition) is 2. The van der Waals surface area contributed by atoms with E-state index in [1.54, 1.807) is 7.11 Å². The molecule has 3 heteroatoms. The minimum absolute atomic E-state index is 0.143. The first-order valence-electron chi connectivity index (χ1n) is 6.69. The van der Waals surface area contributed by atoms with Crippen LogP contribution in [0.1, 0.15) is 24.0 Å². The van der Waals surface area contributed by atoms with Gasteiger partial charge in [0.2, 0.25) is 0 Å². The highest BCUT2D eigenvalue weighted by Gasteiger charge is 2.24. The van der Waals surface area contributed by atoms with Gasteiger partial charge < -0.3 is 10.1 Å². The molecule has 1 saturated heterocycles. The average Bonchev–Trinajstić information content (AvgIpc) is 2.40. The lowest BCUT2D eigenvalue weighted by atomic mass is 9.90. The molecule has 2 unspecified atom stereocenters. The molecule has 0 aliphatic carbocycles. The van der Waals surface area contributed by atoms with Crippen molar-refractivity contribution in [2.75, 3.05) is 20.2 Å². The van der Waals surface area contributed by atoms with Gasteiger partial charge in [0.15, 0.2) is 0 Å². The van der Waals surface area contributed by atoms with Crippen LogP contribution in [0, 0.1) is 12.8 Å². The van der Waals surface area contributed by atoms with Crippen LogP contribution in [0.25, 0.3) is 0 Å². The van der Waals surface area contributed by atoms with E-state index in [2.05, 4.69) is 5.32 Å². The maximum absolute atomic E-state index is 14.3. The number of piperidine rings is 1. The van der Waals surface area contributed by atoms with Gasteiger partial charge in [0.05, 0.1) is 7.11 Å². The van der Waals surface area contributed by atoms with E-state index in [1.807, 2.05) is 25.1 Å². The molecule has 2 rings (SSSR count). The summed E-state index contributed by atoms with van der Waals surface area (Å²) >= 11 is 0. The Kier molecular flexibility index (Phi) is 4.59. The van der Waals surface area contributed by atoms with Crippen molar-refractivity contribution in [3.8, 4) is 5.75 Å². The number of alkyl halides is 1. The van der Waals surface area contributed by atoms with E-state index in [9.17, 15) is 4.39 Å². The Morgan fingerprint density at radius 2 is 2.33 bits per heavy atom. The monoisotopic (exact) mass is 251 g/mol. The molecule has 0 spiro atoms. The van der Waals surface area contributed by atoms with Crippen LogP contribution in [-0.2, 0) is 6.42 Å². The number of ether oxygens (including phenoxy) is 1. The summed E-state index contributed by atoms with van der Waals surface area (Å²) in [7, 11) is 1.64. The summed E-state index contributed by atoms with van der Waals surface area (Å²) in [4.78, 5) is 0. The van der Waals surface area contributed by atoms with Crippen molar-refractivity contribution in [3.63, 3.8) is 0 Å². The molecule has 1 N–H and O–H groups in total. The van der Waals surface area contributed by atoms with Crippen LogP contribution in [0.3, 0.4) is 0 Å². The van der Waals surface area contributed by atoms with Gasteiger partial charge in [-0.05, 0) is 37.9 Å². The lowest BCUT2D eigenvalue weighted by Crippen LogP contribution is -2.35. The molecule has 100 valence electrons. The van der Waals surface area contributed by atoms with E-state index in [1.165, 1.54) is 0 Å². The normalized spacial score (nSPS) is 21.6. The molecular weight excluding hydrogens is 229 g/mol. The van der Waals surface area contributed by atoms with Gasteiger partial charge in [0, 0.05) is 18.9 Å². The summed E-state index contributed by atoms with van der Waals surface area (Å²) in [5.74, 6) is 0.941. The lowest BCUT2D eigenvalue weighted by molar-refractivity contribution is 0.190. The van der Waals surface area contributed by atoms with E-state index in [-0.39, 0.29) is 5.92 Å². The van der Waals surface area contributed by atoms with Crippen LogP contribution >= 0.6 is 0 Å². The Morgan fingerprint density at radius 1 is 1.50 bits per heavy atom. The molecule has 0 radical (unpaired) electrons. The molecule has 1 aromatic rings. The van der Waals surface area contributed by atoms with E-state index in [4.69, 9.17) is 4.74 Å². The van der Waals surface area contributed by atoms with E-state index >= 15 is 0 Å². The standard InChI is InChI=1S/C15H22FNO/c1-11-5-6-15(18-2)13(8-11)9-14(16)12-4-3-7-17-10-12/h5-6,8,12,14,17H,3-4,7,9-10H2,1-2H3. The quantitative estimate of drug-likeness (QED) is 0.888. The summed E-state index contributed by atoms with van der Waals surface area (Å²) in [5, 5.41) is 3.27. The number of halogens is 1. The summed E-state index contributed by atoms with van der Waals surface area (Å²) in [5.41, 5.74) is 2.13. The van der Waals surface area contributed by atoms with Gasteiger partial charge in [-0.15, -0.1) is 0 Å². The predicted octanol–water partition coefficient (Wildman–Crippen LogP) is 2.88. The Bertz CT molecular complexity index is 388. The number of rotatable bonds is 4. The fourth-order valence-corrected chi connectivity index (χ4v) is 2.63. The Balaban J connectivity index is 2.05. The summed E-state index contributed by atoms with van der Waals surface area (Å²) in [6.07, 6.45) is 1.74. The van der Waals surface area contributed by atoms with Crippen LogP contribution in [0.5, 0.6) is 5.75 Å². The van der Waals surface area contributed by atoms with Gasteiger partial charge in [-0.25, -0.2) is 4.39 Å². The average molecular weight is 251 g/mol. The highest BCUT2D eigenvalue weighted by atomic mass is 19.1. The van der Waals surface area contributed by atoms with Gasteiger partial charge in [-0.1, -0.05) is 17.7 Å². The van der Waals surface area contributed by atoms with Gasteiger partial charge in [-0.2, -0.15) is 0 Å². The second-order valence-electron chi connectivity index (χ2n) is 5.14. The molecule has 1 fully saturated rings. The molecule has 1 aromatic carbocycles. The number of methoxy groups -OCH3 is 1. The van der Waals surface area contributed by atoms with Gasteiger partial charge in [0.25, 0.3) is 0 Å². The zero-order valence-corrected chi connectivity index (χ0v) is 11.2. The van der Waals surface area contributed by atoms with Gasteiger partial charge in [0.1, 0.15) is 11.9 Å². The Labute approximate surface area is 109 Å². The Morgan fingerprint density at radius 3 is 3.00 bits per heavy atom. The minimum atomic E-state index is -0.784. The largest absolute Gasteiger partial charge is 0.496 e. The zero-order chi connectivity index (χ0) is 13.0. The highest BCUT2D eigenvalue weighted by Crippen LogP contribution is 2.26. The van der Waals surface area contributed by atoms with E-state index < -0.39 is 6.17 Å². The summed E-state index contributed by atoms with van der Waals surface area (Å²) < 4.78 is 19.6. The molecule has 2 nitrogen and oxygen atoms in total. The first-order valence-corrected chi connectivity index (χ1v) is 6.69. The lowest BCUT2D eigenvalue weighted by Gasteiger charge is -2.26. The molecule has 1 aliphatic rings. The van der Waals surface area contributed by atoms with Gasteiger partial charge in [-0.3, -0.25) is 0 Å². The number of hydrogen-bond donors (Lipinski definition) is 1. The summed E-state index contributed by atoms with van der Waals surface area (Å²) in [6, 6.07) is 5.95. The zero-order valence-electron chi connectivity index (χ0n) is 11.2.